The van der Waals surface area contributed by atoms with E-state index < -0.39 is 0 Å². The second kappa shape index (κ2) is 6.80. The zero-order valence-electron chi connectivity index (χ0n) is 10.5. The van der Waals surface area contributed by atoms with Gasteiger partial charge in [0.05, 0.1) is 0 Å². The number of carbonyl (C=O) groups excluding carboxylic acids is 1. The quantitative estimate of drug-likeness (QED) is 0.653. The highest BCUT2D eigenvalue weighted by Gasteiger charge is 2.20. The van der Waals surface area contributed by atoms with Crippen molar-refractivity contribution in [3.8, 4) is 0 Å². The van der Waals surface area contributed by atoms with Crippen LogP contribution in [0.2, 0.25) is 0 Å². The summed E-state index contributed by atoms with van der Waals surface area (Å²) in [7, 11) is 3.91. The molecule has 0 aliphatic heterocycles. The van der Waals surface area contributed by atoms with Crippen molar-refractivity contribution in [2.75, 3.05) is 27.2 Å². The molecule has 0 rings (SSSR count). The number of nitrogens with one attached hydrogen (secondary N) is 1. The molecule has 0 spiro atoms. The zero-order chi connectivity index (χ0) is 11.9. The molecule has 1 amide bonds. The van der Waals surface area contributed by atoms with Gasteiger partial charge in [0, 0.05) is 25.0 Å². The Labute approximate surface area is 93.2 Å². The summed E-state index contributed by atoms with van der Waals surface area (Å²) in [6.07, 6.45) is 2.31. The van der Waals surface area contributed by atoms with E-state index in [1.807, 2.05) is 19.0 Å². The van der Waals surface area contributed by atoms with Crippen molar-refractivity contribution >= 4 is 5.91 Å². The van der Waals surface area contributed by atoms with E-state index in [2.05, 4.69) is 19.2 Å². The minimum Gasteiger partial charge on any atom is -0.354 e. The SMILES string of the molecule is CCC(N)(CC)CNC(=O)CCN(C)C. The van der Waals surface area contributed by atoms with Crippen LogP contribution in [0.15, 0.2) is 0 Å². The van der Waals surface area contributed by atoms with Gasteiger partial charge in [-0.1, -0.05) is 13.8 Å². The second-order valence-corrected chi connectivity index (χ2v) is 4.40. The molecule has 4 heteroatoms. The third-order valence-electron chi connectivity index (χ3n) is 2.83. The van der Waals surface area contributed by atoms with E-state index in [1.54, 1.807) is 0 Å². The molecule has 0 fully saturated rings. The first-order valence-corrected chi connectivity index (χ1v) is 5.64. The second-order valence-electron chi connectivity index (χ2n) is 4.40. The van der Waals surface area contributed by atoms with Gasteiger partial charge in [-0.25, -0.2) is 0 Å². The van der Waals surface area contributed by atoms with Crippen LogP contribution < -0.4 is 11.1 Å². The van der Waals surface area contributed by atoms with E-state index >= 15 is 0 Å². The molecule has 0 heterocycles. The largest absolute Gasteiger partial charge is 0.354 e. The van der Waals surface area contributed by atoms with Gasteiger partial charge in [0.1, 0.15) is 0 Å². The molecule has 15 heavy (non-hydrogen) atoms. The lowest BCUT2D eigenvalue weighted by Crippen LogP contribution is -2.49. The predicted molar refractivity (Wildman–Crippen MR) is 63.7 cm³/mol. The van der Waals surface area contributed by atoms with Crippen LogP contribution in [0.4, 0.5) is 0 Å². The third-order valence-corrected chi connectivity index (χ3v) is 2.83. The van der Waals surface area contributed by atoms with Crippen molar-refractivity contribution < 1.29 is 4.79 Å². The van der Waals surface area contributed by atoms with E-state index in [0.717, 1.165) is 19.4 Å². The molecule has 0 aliphatic rings. The summed E-state index contributed by atoms with van der Waals surface area (Å²) in [5.74, 6) is 0.0837. The van der Waals surface area contributed by atoms with Gasteiger partial charge in [-0.2, -0.15) is 0 Å². The molecule has 0 aromatic carbocycles. The molecule has 0 bridgehead atoms. The summed E-state index contributed by atoms with van der Waals surface area (Å²) in [5, 5.41) is 2.89. The standard InChI is InChI=1S/C11H25N3O/c1-5-11(12,6-2)9-13-10(15)7-8-14(3)4/h5-9,12H2,1-4H3,(H,13,15). The Morgan fingerprint density at radius 3 is 2.27 bits per heavy atom. The summed E-state index contributed by atoms with van der Waals surface area (Å²) in [6, 6.07) is 0. The topological polar surface area (TPSA) is 58.4 Å². The van der Waals surface area contributed by atoms with Gasteiger partial charge < -0.3 is 16.0 Å². The molecule has 0 aromatic rings. The number of hydrogen-bond acceptors (Lipinski definition) is 3. The number of rotatable bonds is 7. The van der Waals surface area contributed by atoms with Gasteiger partial charge in [0.15, 0.2) is 0 Å². The van der Waals surface area contributed by atoms with Gasteiger partial charge in [-0.15, -0.1) is 0 Å². The highest BCUT2D eigenvalue weighted by Crippen LogP contribution is 2.09. The van der Waals surface area contributed by atoms with Gasteiger partial charge in [-0.05, 0) is 26.9 Å². The first kappa shape index (κ1) is 14.4. The lowest BCUT2D eigenvalue weighted by atomic mass is 9.94. The summed E-state index contributed by atoms with van der Waals surface area (Å²) < 4.78 is 0. The van der Waals surface area contributed by atoms with E-state index in [9.17, 15) is 4.79 Å². The molecule has 0 aliphatic carbocycles. The smallest absolute Gasteiger partial charge is 0.221 e. The van der Waals surface area contributed by atoms with Crippen LogP contribution in [0, 0.1) is 0 Å². The zero-order valence-corrected chi connectivity index (χ0v) is 10.5. The van der Waals surface area contributed by atoms with E-state index in [1.165, 1.54) is 0 Å². The Kier molecular flexibility index (Phi) is 6.52. The highest BCUT2D eigenvalue weighted by molar-refractivity contribution is 5.76. The fourth-order valence-electron chi connectivity index (χ4n) is 1.19. The Morgan fingerprint density at radius 1 is 1.33 bits per heavy atom. The summed E-state index contributed by atoms with van der Waals surface area (Å²) in [6.45, 7) is 5.46. The summed E-state index contributed by atoms with van der Waals surface area (Å²) in [5.41, 5.74) is 5.83. The van der Waals surface area contributed by atoms with Crippen LogP contribution >= 0.6 is 0 Å². The Balaban J connectivity index is 3.79. The number of nitrogens with two attached hydrogens (primary N) is 1. The predicted octanol–water partition coefficient (Wildman–Crippen LogP) is 0.572. The lowest BCUT2D eigenvalue weighted by molar-refractivity contribution is -0.121. The van der Waals surface area contributed by atoms with E-state index in [-0.39, 0.29) is 11.4 Å². The molecule has 3 N–H and O–H groups in total. The van der Waals surface area contributed by atoms with Crippen LogP contribution in [0.25, 0.3) is 0 Å². The third kappa shape index (κ3) is 6.47. The van der Waals surface area contributed by atoms with Crippen molar-refractivity contribution in [1.82, 2.24) is 10.2 Å². The molecule has 0 unspecified atom stereocenters. The van der Waals surface area contributed by atoms with Crippen LogP contribution in [0.5, 0.6) is 0 Å². The summed E-state index contributed by atoms with van der Waals surface area (Å²) in [4.78, 5) is 13.4. The van der Waals surface area contributed by atoms with Crippen LogP contribution in [-0.2, 0) is 4.79 Å². The molecular weight excluding hydrogens is 190 g/mol. The average Bonchev–Trinajstić information content (AvgIpc) is 2.23. The number of nitrogens with zero attached hydrogens (tertiary/aromatic N) is 1. The van der Waals surface area contributed by atoms with Crippen LogP contribution in [0.3, 0.4) is 0 Å². The van der Waals surface area contributed by atoms with Gasteiger partial charge in [-0.3, -0.25) is 4.79 Å². The molecule has 0 aromatic heterocycles. The summed E-state index contributed by atoms with van der Waals surface area (Å²) >= 11 is 0. The minimum atomic E-state index is -0.242. The van der Waals surface area contributed by atoms with Crippen molar-refractivity contribution in [1.29, 1.82) is 0 Å². The Morgan fingerprint density at radius 2 is 1.87 bits per heavy atom. The molecule has 0 saturated heterocycles. The van der Waals surface area contributed by atoms with Gasteiger partial charge in [0.2, 0.25) is 5.91 Å². The van der Waals surface area contributed by atoms with Gasteiger partial charge >= 0.3 is 0 Å². The van der Waals surface area contributed by atoms with Crippen molar-refractivity contribution in [2.45, 2.75) is 38.6 Å². The molecule has 0 saturated carbocycles. The van der Waals surface area contributed by atoms with Crippen molar-refractivity contribution in [2.24, 2.45) is 5.73 Å². The monoisotopic (exact) mass is 215 g/mol. The molecule has 90 valence electrons. The molecule has 4 nitrogen and oxygen atoms in total. The normalized spacial score (nSPS) is 11.9. The molecule has 0 atom stereocenters. The fourth-order valence-corrected chi connectivity index (χ4v) is 1.19. The first-order valence-electron chi connectivity index (χ1n) is 5.64. The Hall–Kier alpha value is -0.610. The van der Waals surface area contributed by atoms with Crippen LogP contribution in [0.1, 0.15) is 33.1 Å². The maximum absolute atomic E-state index is 11.4. The highest BCUT2D eigenvalue weighted by atomic mass is 16.1. The first-order chi connectivity index (χ1) is 6.93. The maximum atomic E-state index is 11.4. The number of amides is 1. The van der Waals surface area contributed by atoms with Gasteiger partial charge in [0.25, 0.3) is 0 Å². The van der Waals surface area contributed by atoms with E-state index in [0.29, 0.717) is 13.0 Å². The fraction of sp³-hybridized carbons (Fsp3) is 0.909. The Bertz CT molecular complexity index is 188. The van der Waals surface area contributed by atoms with Crippen molar-refractivity contribution in [3.05, 3.63) is 0 Å². The molecule has 0 radical (unpaired) electrons. The number of hydrogen-bond donors (Lipinski definition) is 2. The molecular formula is C11H25N3O. The lowest BCUT2D eigenvalue weighted by Gasteiger charge is -2.26. The number of carbonyl (C=O) groups is 1. The average molecular weight is 215 g/mol. The van der Waals surface area contributed by atoms with Crippen LogP contribution in [-0.4, -0.2) is 43.5 Å². The van der Waals surface area contributed by atoms with Crippen molar-refractivity contribution in [3.63, 3.8) is 0 Å². The minimum absolute atomic E-state index is 0.0837. The maximum Gasteiger partial charge on any atom is 0.221 e. The van der Waals surface area contributed by atoms with E-state index in [4.69, 9.17) is 5.73 Å².